The van der Waals surface area contributed by atoms with Gasteiger partial charge < -0.3 is 15.8 Å². The SMILES string of the molecule is CCOC1CC(N)(C(=O)NCCCS(N)(=O)=O)C1(C)C. The third-order valence-corrected chi connectivity index (χ3v) is 4.98. The molecule has 1 rings (SSSR count). The lowest BCUT2D eigenvalue weighted by atomic mass is 9.54. The molecule has 2 atom stereocenters. The zero-order valence-electron chi connectivity index (χ0n) is 12.3. The molecule has 0 radical (unpaired) electrons. The van der Waals surface area contributed by atoms with Crippen LogP contribution in [0.15, 0.2) is 0 Å². The van der Waals surface area contributed by atoms with E-state index in [2.05, 4.69) is 5.32 Å². The zero-order chi connectivity index (χ0) is 15.6. The molecule has 118 valence electrons. The molecule has 0 heterocycles. The second kappa shape index (κ2) is 5.97. The molecule has 7 nitrogen and oxygen atoms in total. The molecule has 0 saturated heterocycles. The number of carbonyl (C=O) groups excluding carboxylic acids is 1. The van der Waals surface area contributed by atoms with E-state index in [0.29, 0.717) is 13.0 Å². The van der Waals surface area contributed by atoms with Crippen molar-refractivity contribution < 1.29 is 17.9 Å². The first-order valence-electron chi connectivity index (χ1n) is 6.74. The van der Waals surface area contributed by atoms with E-state index in [-0.39, 0.29) is 30.7 Å². The molecule has 1 aliphatic carbocycles. The van der Waals surface area contributed by atoms with Gasteiger partial charge in [0.25, 0.3) is 0 Å². The van der Waals surface area contributed by atoms with Crippen molar-refractivity contribution in [3.63, 3.8) is 0 Å². The van der Waals surface area contributed by atoms with Crippen LogP contribution in [-0.2, 0) is 19.6 Å². The summed E-state index contributed by atoms with van der Waals surface area (Å²) in [6.45, 7) is 6.53. The summed E-state index contributed by atoms with van der Waals surface area (Å²) in [7, 11) is -3.49. The third-order valence-electron chi connectivity index (χ3n) is 4.13. The van der Waals surface area contributed by atoms with Crippen molar-refractivity contribution in [2.45, 2.75) is 45.3 Å². The molecule has 8 heteroatoms. The quantitative estimate of drug-likeness (QED) is 0.537. The lowest BCUT2D eigenvalue weighted by Gasteiger charge is -2.57. The second-order valence-electron chi connectivity index (χ2n) is 5.82. The molecule has 1 aliphatic rings. The van der Waals surface area contributed by atoms with E-state index in [9.17, 15) is 13.2 Å². The molecule has 2 unspecified atom stereocenters. The van der Waals surface area contributed by atoms with E-state index in [1.165, 1.54) is 0 Å². The van der Waals surface area contributed by atoms with Crippen LogP contribution in [0.2, 0.25) is 0 Å². The van der Waals surface area contributed by atoms with Crippen molar-refractivity contribution in [2.75, 3.05) is 18.9 Å². The predicted molar refractivity (Wildman–Crippen MR) is 76.3 cm³/mol. The Morgan fingerprint density at radius 1 is 1.45 bits per heavy atom. The number of hydrogen-bond donors (Lipinski definition) is 3. The van der Waals surface area contributed by atoms with E-state index in [4.69, 9.17) is 15.6 Å². The highest BCUT2D eigenvalue weighted by atomic mass is 32.2. The Morgan fingerprint density at radius 2 is 2.05 bits per heavy atom. The number of hydrogen-bond acceptors (Lipinski definition) is 5. The van der Waals surface area contributed by atoms with Gasteiger partial charge in [0.05, 0.1) is 11.9 Å². The van der Waals surface area contributed by atoms with Crippen LogP contribution in [0.4, 0.5) is 0 Å². The highest BCUT2D eigenvalue weighted by molar-refractivity contribution is 7.89. The van der Waals surface area contributed by atoms with Gasteiger partial charge in [-0.25, -0.2) is 13.6 Å². The molecule has 1 amide bonds. The van der Waals surface area contributed by atoms with Crippen LogP contribution in [0.5, 0.6) is 0 Å². The maximum Gasteiger partial charge on any atom is 0.240 e. The molecule has 0 aromatic carbocycles. The number of sulfonamides is 1. The minimum Gasteiger partial charge on any atom is -0.378 e. The molecule has 1 saturated carbocycles. The minimum atomic E-state index is -3.49. The number of rotatable bonds is 7. The molecule has 0 aromatic heterocycles. The van der Waals surface area contributed by atoms with Crippen molar-refractivity contribution in [1.29, 1.82) is 0 Å². The van der Waals surface area contributed by atoms with E-state index in [0.717, 1.165) is 0 Å². The van der Waals surface area contributed by atoms with Crippen molar-refractivity contribution in [1.82, 2.24) is 5.32 Å². The Balaban J connectivity index is 2.48. The van der Waals surface area contributed by atoms with Gasteiger partial charge in [0, 0.05) is 25.0 Å². The summed E-state index contributed by atoms with van der Waals surface area (Å²) in [5.74, 6) is -0.427. The van der Waals surface area contributed by atoms with Gasteiger partial charge in [0.1, 0.15) is 5.54 Å². The number of nitrogens with one attached hydrogen (secondary N) is 1. The smallest absolute Gasteiger partial charge is 0.240 e. The summed E-state index contributed by atoms with van der Waals surface area (Å²) in [5, 5.41) is 7.56. The van der Waals surface area contributed by atoms with Gasteiger partial charge in [-0.15, -0.1) is 0 Å². The number of carbonyl (C=O) groups is 1. The molecular formula is C12H25N3O4S. The Hall–Kier alpha value is -0.700. The fourth-order valence-electron chi connectivity index (χ4n) is 2.45. The molecule has 20 heavy (non-hydrogen) atoms. The first kappa shape index (κ1) is 17.4. The standard InChI is InChI=1S/C12H25N3O4S/c1-4-19-9-8-12(13,11(9,2)3)10(16)15-6-5-7-20(14,17)18/h9H,4-8,13H2,1-3H3,(H,15,16)(H2,14,17,18). The fraction of sp³-hybridized carbons (Fsp3) is 0.917. The second-order valence-corrected chi connectivity index (χ2v) is 7.55. The number of nitrogens with two attached hydrogens (primary N) is 2. The lowest BCUT2D eigenvalue weighted by Crippen LogP contribution is -2.75. The van der Waals surface area contributed by atoms with Gasteiger partial charge in [-0.1, -0.05) is 13.8 Å². The fourth-order valence-corrected chi connectivity index (χ4v) is 3.00. The first-order chi connectivity index (χ1) is 9.04. The molecule has 0 bridgehead atoms. The van der Waals surface area contributed by atoms with Gasteiger partial charge in [-0.2, -0.15) is 0 Å². The van der Waals surface area contributed by atoms with Crippen LogP contribution < -0.4 is 16.2 Å². The Bertz CT molecular complexity index is 463. The zero-order valence-corrected chi connectivity index (χ0v) is 13.1. The average molecular weight is 307 g/mol. The Labute approximate surface area is 120 Å². The summed E-state index contributed by atoms with van der Waals surface area (Å²) in [6.07, 6.45) is 0.706. The third kappa shape index (κ3) is 3.49. The highest BCUT2D eigenvalue weighted by Crippen LogP contribution is 2.49. The maximum atomic E-state index is 12.2. The minimum absolute atomic E-state index is 0.0346. The number of primary sulfonamides is 1. The summed E-state index contributed by atoms with van der Waals surface area (Å²) < 4.78 is 27.1. The lowest BCUT2D eigenvalue weighted by molar-refractivity contribution is -0.170. The van der Waals surface area contributed by atoms with E-state index < -0.39 is 21.0 Å². The first-order valence-corrected chi connectivity index (χ1v) is 8.45. The Kier molecular flexibility index (Phi) is 5.18. The number of ether oxygens (including phenoxy) is 1. The average Bonchev–Trinajstić information content (AvgIpc) is 2.32. The topological polar surface area (TPSA) is 125 Å². The molecular weight excluding hydrogens is 282 g/mol. The van der Waals surface area contributed by atoms with Crippen LogP contribution in [0.3, 0.4) is 0 Å². The van der Waals surface area contributed by atoms with Crippen LogP contribution in [0, 0.1) is 5.41 Å². The van der Waals surface area contributed by atoms with Crippen LogP contribution in [0.1, 0.15) is 33.6 Å². The molecule has 0 spiro atoms. The van der Waals surface area contributed by atoms with Crippen molar-refractivity contribution in [2.24, 2.45) is 16.3 Å². The monoisotopic (exact) mass is 307 g/mol. The normalized spacial score (nSPS) is 28.8. The summed E-state index contributed by atoms with van der Waals surface area (Å²) in [4.78, 5) is 12.2. The van der Waals surface area contributed by atoms with Crippen molar-refractivity contribution >= 4 is 15.9 Å². The Morgan fingerprint density at radius 3 is 2.50 bits per heavy atom. The van der Waals surface area contributed by atoms with Gasteiger partial charge in [0.2, 0.25) is 15.9 Å². The van der Waals surface area contributed by atoms with Crippen LogP contribution in [0.25, 0.3) is 0 Å². The van der Waals surface area contributed by atoms with E-state index >= 15 is 0 Å². The van der Waals surface area contributed by atoms with Gasteiger partial charge in [-0.05, 0) is 13.3 Å². The summed E-state index contributed by atoms with van der Waals surface area (Å²) in [5.41, 5.74) is 4.75. The molecule has 0 aromatic rings. The van der Waals surface area contributed by atoms with Gasteiger partial charge in [-0.3, -0.25) is 4.79 Å². The molecule has 5 N–H and O–H groups in total. The molecule has 1 fully saturated rings. The van der Waals surface area contributed by atoms with Crippen LogP contribution >= 0.6 is 0 Å². The van der Waals surface area contributed by atoms with Crippen molar-refractivity contribution in [3.8, 4) is 0 Å². The van der Waals surface area contributed by atoms with E-state index in [1.807, 2.05) is 20.8 Å². The summed E-state index contributed by atoms with van der Waals surface area (Å²) >= 11 is 0. The highest BCUT2D eigenvalue weighted by Gasteiger charge is 2.62. The van der Waals surface area contributed by atoms with Gasteiger partial charge in [0.15, 0.2) is 0 Å². The predicted octanol–water partition coefficient (Wildman–Crippen LogP) is -0.686. The van der Waals surface area contributed by atoms with Crippen LogP contribution in [-0.4, -0.2) is 44.9 Å². The molecule has 0 aliphatic heterocycles. The number of amides is 1. The maximum absolute atomic E-state index is 12.2. The van der Waals surface area contributed by atoms with Gasteiger partial charge >= 0.3 is 0 Å². The summed E-state index contributed by atoms with van der Waals surface area (Å²) in [6, 6.07) is 0. The largest absolute Gasteiger partial charge is 0.378 e. The van der Waals surface area contributed by atoms with E-state index in [1.54, 1.807) is 0 Å². The van der Waals surface area contributed by atoms with Crippen molar-refractivity contribution in [3.05, 3.63) is 0 Å².